The minimum absolute atomic E-state index is 0.353. The number of hydrogen-bond donors (Lipinski definition) is 2. The van der Waals surface area contributed by atoms with Gasteiger partial charge in [0, 0.05) is 19.3 Å². The third-order valence-corrected chi connectivity index (χ3v) is 4.58. The van der Waals surface area contributed by atoms with E-state index in [9.17, 15) is 14.3 Å². The third-order valence-electron chi connectivity index (χ3n) is 4.58. The summed E-state index contributed by atoms with van der Waals surface area (Å²) in [4.78, 5) is 18.7. The van der Waals surface area contributed by atoms with Gasteiger partial charge in [-0.2, -0.15) is 0 Å². The number of halogens is 1. The standard InChI is InChI=1S/C20H25FN4O2/c1-13-10-17-16(11-15(13)22-18(26)7-8-20(2,3)27)23-19(24(17)4)25-9-5-6-14(21)12-25/h10-11,14,27H,5-6,9,12H2,1-4H3,(H,22,26). The molecule has 2 N–H and O–H groups in total. The lowest BCUT2D eigenvalue weighted by Gasteiger charge is -2.29. The van der Waals surface area contributed by atoms with E-state index in [0.717, 1.165) is 35.5 Å². The Bertz CT molecular complexity index is 933. The van der Waals surface area contributed by atoms with Crippen LogP contribution in [0.25, 0.3) is 11.0 Å². The summed E-state index contributed by atoms with van der Waals surface area (Å²) in [5.41, 5.74) is 1.91. The number of anilines is 2. The van der Waals surface area contributed by atoms with E-state index in [1.54, 1.807) is 6.07 Å². The Morgan fingerprint density at radius 1 is 1.44 bits per heavy atom. The van der Waals surface area contributed by atoms with Crippen molar-refractivity contribution in [2.24, 2.45) is 7.05 Å². The molecule has 0 bridgehead atoms. The first-order valence-electron chi connectivity index (χ1n) is 9.06. The summed E-state index contributed by atoms with van der Waals surface area (Å²) >= 11 is 0. The van der Waals surface area contributed by atoms with Crippen molar-refractivity contribution in [2.75, 3.05) is 23.3 Å². The molecule has 1 aliphatic heterocycles. The largest absolute Gasteiger partial charge is 0.378 e. The van der Waals surface area contributed by atoms with E-state index in [0.29, 0.717) is 18.7 Å². The molecule has 1 atom stereocenters. The molecule has 1 saturated heterocycles. The highest BCUT2D eigenvalue weighted by Gasteiger charge is 2.23. The molecule has 1 aromatic heterocycles. The van der Waals surface area contributed by atoms with Crippen LogP contribution in [0.2, 0.25) is 0 Å². The van der Waals surface area contributed by atoms with E-state index in [1.807, 2.05) is 29.5 Å². The Morgan fingerprint density at radius 2 is 2.19 bits per heavy atom. The molecule has 0 saturated carbocycles. The predicted molar refractivity (Wildman–Crippen MR) is 104 cm³/mol. The second-order valence-corrected chi connectivity index (χ2v) is 7.58. The molecule has 2 aromatic rings. The van der Waals surface area contributed by atoms with E-state index < -0.39 is 17.7 Å². The number of fused-ring (bicyclic) bond motifs is 1. The lowest BCUT2D eigenvalue weighted by molar-refractivity contribution is -0.111. The van der Waals surface area contributed by atoms with Crippen molar-refractivity contribution >= 4 is 28.6 Å². The van der Waals surface area contributed by atoms with Gasteiger partial charge in [-0.25, -0.2) is 9.37 Å². The average Bonchev–Trinajstić information content (AvgIpc) is 2.89. The lowest BCUT2D eigenvalue weighted by Crippen LogP contribution is -2.37. The average molecular weight is 372 g/mol. The van der Waals surface area contributed by atoms with Gasteiger partial charge < -0.3 is 19.9 Å². The van der Waals surface area contributed by atoms with Gasteiger partial charge in [0.15, 0.2) is 0 Å². The lowest BCUT2D eigenvalue weighted by atomic mass is 10.1. The molecule has 3 rings (SSSR count). The normalized spacial score (nSPS) is 17.6. The van der Waals surface area contributed by atoms with Crippen molar-refractivity contribution in [3.8, 4) is 11.8 Å². The molecule has 0 radical (unpaired) electrons. The number of benzene rings is 1. The quantitative estimate of drug-likeness (QED) is 0.795. The fourth-order valence-electron chi connectivity index (χ4n) is 3.22. The van der Waals surface area contributed by atoms with Crippen molar-refractivity contribution in [1.82, 2.24) is 9.55 Å². The van der Waals surface area contributed by atoms with E-state index >= 15 is 0 Å². The number of aromatic nitrogens is 2. The van der Waals surface area contributed by atoms with Gasteiger partial charge in [-0.15, -0.1) is 0 Å². The van der Waals surface area contributed by atoms with Gasteiger partial charge in [-0.05, 0) is 57.2 Å². The number of nitrogens with one attached hydrogen (secondary N) is 1. The monoisotopic (exact) mass is 372 g/mol. The molecule has 27 heavy (non-hydrogen) atoms. The number of nitrogens with zero attached hydrogens (tertiary/aromatic N) is 3. The van der Waals surface area contributed by atoms with Crippen LogP contribution in [0.4, 0.5) is 16.0 Å². The van der Waals surface area contributed by atoms with Crippen LogP contribution in [0, 0.1) is 18.8 Å². The van der Waals surface area contributed by atoms with Crippen LogP contribution in [-0.2, 0) is 11.8 Å². The highest BCUT2D eigenvalue weighted by atomic mass is 19.1. The summed E-state index contributed by atoms with van der Waals surface area (Å²) in [6, 6.07) is 3.75. The zero-order valence-corrected chi connectivity index (χ0v) is 16.1. The molecule has 0 aliphatic carbocycles. The Hall–Kier alpha value is -2.59. The van der Waals surface area contributed by atoms with E-state index in [1.165, 1.54) is 13.8 Å². The van der Waals surface area contributed by atoms with Crippen molar-refractivity contribution in [2.45, 2.75) is 45.4 Å². The Morgan fingerprint density at radius 3 is 2.85 bits per heavy atom. The minimum atomic E-state index is -1.23. The van der Waals surface area contributed by atoms with Crippen LogP contribution in [0.3, 0.4) is 0 Å². The molecular weight excluding hydrogens is 347 g/mol. The van der Waals surface area contributed by atoms with Crippen molar-refractivity contribution < 1.29 is 14.3 Å². The maximum atomic E-state index is 13.8. The Balaban J connectivity index is 1.90. The molecule has 6 nitrogen and oxygen atoms in total. The van der Waals surface area contributed by atoms with Gasteiger partial charge in [0.2, 0.25) is 5.95 Å². The van der Waals surface area contributed by atoms with Crippen LogP contribution in [0.15, 0.2) is 12.1 Å². The molecule has 2 heterocycles. The maximum Gasteiger partial charge on any atom is 0.300 e. The zero-order valence-electron chi connectivity index (χ0n) is 16.1. The van der Waals surface area contributed by atoms with Gasteiger partial charge in [-0.1, -0.05) is 5.92 Å². The highest BCUT2D eigenvalue weighted by Crippen LogP contribution is 2.28. The van der Waals surface area contributed by atoms with Crippen LogP contribution in [-0.4, -0.2) is 45.4 Å². The SMILES string of the molecule is Cc1cc2c(cc1NC(=O)C#CC(C)(C)O)nc(N1CCCC(F)C1)n2C. The minimum Gasteiger partial charge on any atom is -0.378 e. The molecule has 144 valence electrons. The van der Waals surface area contributed by atoms with Crippen LogP contribution < -0.4 is 10.2 Å². The maximum absolute atomic E-state index is 13.8. The first kappa shape index (κ1) is 19.2. The molecule has 1 aliphatic rings. The first-order chi connectivity index (χ1) is 12.6. The smallest absolute Gasteiger partial charge is 0.300 e. The highest BCUT2D eigenvalue weighted by molar-refractivity contribution is 6.05. The number of aryl methyl sites for hydroxylation is 2. The van der Waals surface area contributed by atoms with Gasteiger partial charge in [0.25, 0.3) is 5.91 Å². The van der Waals surface area contributed by atoms with Crippen molar-refractivity contribution in [3.05, 3.63) is 17.7 Å². The summed E-state index contributed by atoms with van der Waals surface area (Å²) in [7, 11) is 1.92. The van der Waals surface area contributed by atoms with Crippen LogP contribution in [0.1, 0.15) is 32.3 Å². The molecule has 7 heteroatoms. The zero-order chi connectivity index (χ0) is 19.8. The summed E-state index contributed by atoms with van der Waals surface area (Å²) in [5.74, 6) is 5.12. The number of amides is 1. The van der Waals surface area contributed by atoms with Gasteiger partial charge in [0.1, 0.15) is 11.8 Å². The number of rotatable bonds is 2. The molecule has 0 spiro atoms. The predicted octanol–water partition coefficient (Wildman–Crippen LogP) is 2.53. The molecule has 1 unspecified atom stereocenters. The second-order valence-electron chi connectivity index (χ2n) is 7.58. The fourth-order valence-corrected chi connectivity index (χ4v) is 3.22. The van der Waals surface area contributed by atoms with E-state index in [4.69, 9.17) is 0 Å². The summed E-state index contributed by atoms with van der Waals surface area (Å²) in [5, 5.41) is 12.4. The van der Waals surface area contributed by atoms with E-state index in [2.05, 4.69) is 22.1 Å². The summed E-state index contributed by atoms with van der Waals surface area (Å²) in [6.07, 6.45) is 0.580. The molecule has 1 fully saturated rings. The van der Waals surface area contributed by atoms with Gasteiger partial charge in [0.05, 0.1) is 17.6 Å². The Labute approximate surface area is 158 Å². The number of carbonyl (C=O) groups is 1. The molecule has 1 amide bonds. The second kappa shape index (κ2) is 7.20. The topological polar surface area (TPSA) is 70.4 Å². The van der Waals surface area contributed by atoms with Crippen LogP contribution in [0.5, 0.6) is 0 Å². The number of piperidine rings is 1. The van der Waals surface area contributed by atoms with Crippen molar-refractivity contribution in [1.29, 1.82) is 0 Å². The number of carbonyl (C=O) groups excluding carboxylic acids is 1. The number of imidazole rings is 1. The first-order valence-corrected chi connectivity index (χ1v) is 9.06. The third kappa shape index (κ3) is 4.40. The number of aliphatic hydroxyl groups is 1. The van der Waals surface area contributed by atoms with Gasteiger partial charge >= 0.3 is 0 Å². The van der Waals surface area contributed by atoms with Gasteiger partial charge in [-0.3, -0.25) is 4.79 Å². The van der Waals surface area contributed by atoms with Crippen LogP contribution >= 0.6 is 0 Å². The number of alkyl halides is 1. The molecular formula is C20H25FN4O2. The van der Waals surface area contributed by atoms with E-state index in [-0.39, 0.29) is 0 Å². The summed E-state index contributed by atoms with van der Waals surface area (Å²) < 4.78 is 15.7. The fraction of sp³-hybridized carbons (Fsp3) is 0.500. The van der Waals surface area contributed by atoms with Crippen molar-refractivity contribution in [3.63, 3.8) is 0 Å². The number of hydrogen-bond acceptors (Lipinski definition) is 4. The molecule has 1 aromatic carbocycles. The Kier molecular flexibility index (Phi) is 5.11. The summed E-state index contributed by atoms with van der Waals surface area (Å²) in [6.45, 7) is 6.06.